The van der Waals surface area contributed by atoms with Gasteiger partial charge in [0.25, 0.3) is 6.20 Å². The van der Waals surface area contributed by atoms with Gasteiger partial charge in [-0.05, 0) is 47.3 Å². The van der Waals surface area contributed by atoms with Crippen molar-refractivity contribution in [1.82, 2.24) is 15.6 Å². The Labute approximate surface area is 120 Å². The summed E-state index contributed by atoms with van der Waals surface area (Å²) in [5.74, 6) is 0.420. The Bertz CT molecular complexity index is 451. The standard InChI is InChI=1S/C12H17BrN4O2/c1-14-12(9-17(18)19)16-7-3-2-6-11-10(13)5-4-8-15-11/h4-5,8-9,14,16H,2-3,6-7H2,1H3. The van der Waals surface area contributed by atoms with E-state index in [1.54, 1.807) is 13.2 Å². The van der Waals surface area contributed by atoms with Gasteiger partial charge in [-0.3, -0.25) is 15.1 Å². The molecule has 6 nitrogen and oxygen atoms in total. The minimum absolute atomic E-state index is 0.420. The number of halogens is 1. The van der Waals surface area contributed by atoms with Gasteiger partial charge in [0.1, 0.15) is 0 Å². The Morgan fingerprint density at radius 3 is 3.00 bits per heavy atom. The fraction of sp³-hybridized carbons (Fsp3) is 0.417. The molecule has 2 N–H and O–H groups in total. The average Bonchev–Trinajstić information content (AvgIpc) is 2.38. The molecule has 0 aliphatic carbocycles. The van der Waals surface area contributed by atoms with Gasteiger partial charge in [-0.1, -0.05) is 0 Å². The molecule has 0 fully saturated rings. The Morgan fingerprint density at radius 2 is 2.37 bits per heavy atom. The van der Waals surface area contributed by atoms with E-state index < -0.39 is 4.92 Å². The zero-order chi connectivity index (χ0) is 14.1. The second-order valence-corrected chi connectivity index (χ2v) is 4.75. The van der Waals surface area contributed by atoms with Gasteiger partial charge in [0.2, 0.25) is 0 Å². The summed E-state index contributed by atoms with van der Waals surface area (Å²) < 4.78 is 1.02. The van der Waals surface area contributed by atoms with Crippen molar-refractivity contribution in [3.63, 3.8) is 0 Å². The maximum Gasteiger partial charge on any atom is 0.274 e. The average molecular weight is 329 g/mol. The number of rotatable bonds is 8. The molecule has 0 bridgehead atoms. The summed E-state index contributed by atoms with van der Waals surface area (Å²) in [5.41, 5.74) is 1.04. The zero-order valence-electron chi connectivity index (χ0n) is 10.7. The molecule has 1 aromatic heterocycles. The van der Waals surface area contributed by atoms with E-state index in [4.69, 9.17) is 0 Å². The van der Waals surface area contributed by atoms with Crippen LogP contribution in [0.2, 0.25) is 0 Å². The minimum atomic E-state index is -0.482. The summed E-state index contributed by atoms with van der Waals surface area (Å²) in [6, 6.07) is 3.86. The fourth-order valence-electron chi connectivity index (χ4n) is 1.55. The molecule has 0 amide bonds. The molecule has 19 heavy (non-hydrogen) atoms. The fourth-order valence-corrected chi connectivity index (χ4v) is 2.00. The first-order valence-electron chi connectivity index (χ1n) is 6.00. The molecule has 0 unspecified atom stereocenters. The van der Waals surface area contributed by atoms with Crippen LogP contribution in [0.4, 0.5) is 0 Å². The highest BCUT2D eigenvalue weighted by Crippen LogP contribution is 2.15. The third-order valence-corrected chi connectivity index (χ3v) is 3.22. The van der Waals surface area contributed by atoms with E-state index >= 15 is 0 Å². The molecule has 1 heterocycles. The largest absolute Gasteiger partial charge is 0.370 e. The summed E-state index contributed by atoms with van der Waals surface area (Å²) in [6.07, 6.45) is 5.47. The van der Waals surface area contributed by atoms with Crippen LogP contribution in [0.1, 0.15) is 18.5 Å². The van der Waals surface area contributed by atoms with Crippen LogP contribution in [0.15, 0.2) is 34.8 Å². The van der Waals surface area contributed by atoms with Crippen molar-refractivity contribution in [3.05, 3.63) is 50.6 Å². The molecular formula is C12H17BrN4O2. The number of nitrogens with one attached hydrogen (secondary N) is 2. The lowest BCUT2D eigenvalue weighted by molar-refractivity contribution is -0.404. The number of nitro groups is 1. The van der Waals surface area contributed by atoms with Crippen molar-refractivity contribution < 1.29 is 4.92 Å². The predicted octanol–water partition coefficient (Wildman–Crippen LogP) is 2.05. The maximum absolute atomic E-state index is 10.3. The Hall–Kier alpha value is -1.63. The van der Waals surface area contributed by atoms with Crippen molar-refractivity contribution >= 4 is 15.9 Å². The van der Waals surface area contributed by atoms with E-state index in [1.807, 2.05) is 12.1 Å². The van der Waals surface area contributed by atoms with Gasteiger partial charge >= 0.3 is 0 Å². The molecule has 0 radical (unpaired) electrons. The molecule has 0 saturated carbocycles. The molecule has 0 aliphatic rings. The van der Waals surface area contributed by atoms with E-state index in [0.29, 0.717) is 12.4 Å². The van der Waals surface area contributed by atoms with Crippen molar-refractivity contribution in [2.45, 2.75) is 19.3 Å². The summed E-state index contributed by atoms with van der Waals surface area (Å²) >= 11 is 3.45. The first-order chi connectivity index (χ1) is 9.13. The number of aromatic nitrogens is 1. The van der Waals surface area contributed by atoms with Gasteiger partial charge in [0.05, 0.1) is 10.6 Å². The third-order valence-electron chi connectivity index (χ3n) is 2.49. The Morgan fingerprint density at radius 1 is 1.58 bits per heavy atom. The second-order valence-electron chi connectivity index (χ2n) is 3.89. The summed E-state index contributed by atoms with van der Waals surface area (Å²) in [4.78, 5) is 14.1. The number of pyridine rings is 1. The molecule has 0 saturated heterocycles. The number of unbranched alkanes of at least 4 members (excludes halogenated alkanes) is 1. The van der Waals surface area contributed by atoms with Crippen molar-refractivity contribution in [2.75, 3.05) is 13.6 Å². The highest BCUT2D eigenvalue weighted by molar-refractivity contribution is 9.10. The van der Waals surface area contributed by atoms with Crippen LogP contribution in [-0.4, -0.2) is 23.5 Å². The summed E-state index contributed by atoms with van der Waals surface area (Å²) in [6.45, 7) is 0.685. The van der Waals surface area contributed by atoms with Crippen molar-refractivity contribution in [2.24, 2.45) is 0 Å². The van der Waals surface area contributed by atoms with Crippen LogP contribution in [-0.2, 0) is 6.42 Å². The normalized spacial score (nSPS) is 11.2. The smallest absolute Gasteiger partial charge is 0.274 e. The molecule has 0 spiro atoms. The highest BCUT2D eigenvalue weighted by atomic mass is 79.9. The molecule has 0 aromatic carbocycles. The highest BCUT2D eigenvalue weighted by Gasteiger charge is 2.01. The second kappa shape index (κ2) is 8.47. The van der Waals surface area contributed by atoms with E-state index in [9.17, 15) is 10.1 Å². The lowest BCUT2D eigenvalue weighted by Gasteiger charge is -2.07. The van der Waals surface area contributed by atoms with Crippen LogP contribution < -0.4 is 10.6 Å². The van der Waals surface area contributed by atoms with E-state index in [1.165, 1.54) is 0 Å². The molecule has 0 aliphatic heterocycles. The number of nitrogens with zero attached hydrogens (tertiary/aromatic N) is 2. The van der Waals surface area contributed by atoms with Crippen LogP contribution in [0, 0.1) is 10.1 Å². The van der Waals surface area contributed by atoms with Crippen molar-refractivity contribution in [3.8, 4) is 0 Å². The first-order valence-corrected chi connectivity index (χ1v) is 6.79. The topological polar surface area (TPSA) is 80.1 Å². The van der Waals surface area contributed by atoms with E-state index in [2.05, 4.69) is 31.5 Å². The lowest BCUT2D eigenvalue weighted by Crippen LogP contribution is -2.25. The molecule has 7 heteroatoms. The zero-order valence-corrected chi connectivity index (χ0v) is 12.3. The quantitative estimate of drug-likeness (QED) is 0.433. The molecule has 1 rings (SSSR count). The van der Waals surface area contributed by atoms with E-state index in [0.717, 1.165) is 35.6 Å². The molecular weight excluding hydrogens is 312 g/mol. The van der Waals surface area contributed by atoms with Gasteiger partial charge < -0.3 is 10.6 Å². The first kappa shape index (κ1) is 15.4. The van der Waals surface area contributed by atoms with Crippen LogP contribution in [0.5, 0.6) is 0 Å². The molecule has 0 atom stereocenters. The van der Waals surface area contributed by atoms with E-state index in [-0.39, 0.29) is 0 Å². The molecule has 104 valence electrons. The van der Waals surface area contributed by atoms with Crippen LogP contribution >= 0.6 is 15.9 Å². The van der Waals surface area contributed by atoms with Gasteiger partial charge in [0, 0.05) is 24.3 Å². The SMILES string of the molecule is CNC(=C[N+](=O)[O-])NCCCCc1ncccc1Br. The van der Waals surface area contributed by atoms with Gasteiger partial charge in [-0.2, -0.15) is 0 Å². The monoisotopic (exact) mass is 328 g/mol. The Kier molecular flexibility index (Phi) is 6.88. The molecule has 1 aromatic rings. The number of hydrogen-bond acceptors (Lipinski definition) is 5. The van der Waals surface area contributed by atoms with Gasteiger partial charge in [0.15, 0.2) is 5.82 Å². The number of aryl methyl sites for hydroxylation is 1. The predicted molar refractivity (Wildman–Crippen MR) is 77.0 cm³/mol. The Balaban J connectivity index is 2.25. The summed E-state index contributed by atoms with van der Waals surface area (Å²) in [5, 5.41) is 16.0. The number of hydrogen-bond donors (Lipinski definition) is 2. The lowest BCUT2D eigenvalue weighted by atomic mass is 10.2. The van der Waals surface area contributed by atoms with Crippen LogP contribution in [0.25, 0.3) is 0 Å². The van der Waals surface area contributed by atoms with Crippen molar-refractivity contribution in [1.29, 1.82) is 0 Å². The minimum Gasteiger partial charge on any atom is -0.370 e. The van der Waals surface area contributed by atoms with Gasteiger partial charge in [-0.15, -0.1) is 0 Å². The van der Waals surface area contributed by atoms with Crippen LogP contribution in [0.3, 0.4) is 0 Å². The maximum atomic E-state index is 10.3. The van der Waals surface area contributed by atoms with Gasteiger partial charge in [-0.25, -0.2) is 0 Å². The third kappa shape index (κ3) is 6.19. The summed E-state index contributed by atoms with van der Waals surface area (Å²) in [7, 11) is 1.65.